The molecule has 0 aliphatic heterocycles. The summed E-state index contributed by atoms with van der Waals surface area (Å²) in [5.74, 6) is -0.620. The van der Waals surface area contributed by atoms with E-state index >= 15 is 0 Å². The molecule has 1 aromatic carbocycles. The summed E-state index contributed by atoms with van der Waals surface area (Å²) in [7, 11) is 0. The quantitative estimate of drug-likeness (QED) is 0.516. The highest BCUT2D eigenvalue weighted by Crippen LogP contribution is 2.24. The molecule has 2 aromatic heterocycles. The van der Waals surface area contributed by atoms with Gasteiger partial charge in [-0.05, 0) is 30.5 Å². The van der Waals surface area contributed by atoms with Crippen LogP contribution < -0.4 is 0 Å². The molecule has 3 aromatic rings. The molecule has 0 saturated carbocycles. The number of ether oxygens (including phenoxy) is 1. The molecule has 0 aliphatic rings. The molecule has 0 aliphatic carbocycles. The van der Waals surface area contributed by atoms with Crippen molar-refractivity contribution in [1.29, 1.82) is 0 Å². The van der Waals surface area contributed by atoms with E-state index in [1.807, 2.05) is 6.26 Å². The molecule has 0 saturated heterocycles. The van der Waals surface area contributed by atoms with Gasteiger partial charge in [0.25, 0.3) is 0 Å². The minimum atomic E-state index is -0.497. The number of nitrogens with zero attached hydrogens (tertiary/aromatic N) is 2. The van der Waals surface area contributed by atoms with Gasteiger partial charge in [-0.1, -0.05) is 17.3 Å². The lowest BCUT2D eigenvalue weighted by Crippen LogP contribution is -2.07. The first-order valence-corrected chi connectivity index (χ1v) is 8.28. The summed E-state index contributed by atoms with van der Waals surface area (Å²) in [5.41, 5.74) is 1.10. The van der Waals surface area contributed by atoms with Gasteiger partial charge in [-0.3, -0.25) is 0 Å². The van der Waals surface area contributed by atoms with E-state index in [0.717, 1.165) is 0 Å². The Morgan fingerprint density at radius 2 is 2.12 bits per heavy atom. The van der Waals surface area contributed by atoms with Gasteiger partial charge < -0.3 is 9.26 Å². The highest BCUT2D eigenvalue weighted by Gasteiger charge is 2.15. The molecule has 3 rings (SSSR count). The lowest BCUT2D eigenvalue weighted by molar-refractivity contribution is 0.0459. The van der Waals surface area contributed by atoms with E-state index in [1.165, 1.54) is 17.8 Å². The SMILES string of the molecule is CSc1ncccc1C(=O)OCc1cc(-c2ccccc2F)on1. The maximum Gasteiger partial charge on any atom is 0.341 e. The summed E-state index contributed by atoms with van der Waals surface area (Å²) in [6.45, 7) is -0.0699. The lowest BCUT2D eigenvalue weighted by Gasteiger charge is -2.05. The highest BCUT2D eigenvalue weighted by atomic mass is 32.2. The fourth-order valence-electron chi connectivity index (χ4n) is 2.09. The summed E-state index contributed by atoms with van der Waals surface area (Å²) in [5, 5.41) is 4.39. The third kappa shape index (κ3) is 3.46. The Hall–Kier alpha value is -2.67. The van der Waals surface area contributed by atoms with Crippen molar-refractivity contribution in [2.45, 2.75) is 11.6 Å². The van der Waals surface area contributed by atoms with Crippen LogP contribution in [0.5, 0.6) is 0 Å². The van der Waals surface area contributed by atoms with E-state index in [1.54, 1.807) is 42.6 Å². The van der Waals surface area contributed by atoms with Gasteiger partial charge in [-0.2, -0.15) is 0 Å². The van der Waals surface area contributed by atoms with Gasteiger partial charge in [0.15, 0.2) is 5.76 Å². The highest BCUT2D eigenvalue weighted by molar-refractivity contribution is 7.98. The molecule has 2 heterocycles. The minimum Gasteiger partial charge on any atom is -0.455 e. The van der Waals surface area contributed by atoms with Gasteiger partial charge in [-0.25, -0.2) is 14.2 Å². The molecule has 0 amide bonds. The van der Waals surface area contributed by atoms with E-state index in [0.29, 0.717) is 21.8 Å². The topological polar surface area (TPSA) is 65.2 Å². The number of benzene rings is 1. The number of carbonyl (C=O) groups is 1. The van der Waals surface area contributed by atoms with Crippen molar-refractivity contribution >= 4 is 17.7 Å². The molecule has 0 atom stereocenters. The number of esters is 1. The predicted octanol–water partition coefficient (Wildman–Crippen LogP) is 3.95. The van der Waals surface area contributed by atoms with E-state index < -0.39 is 11.8 Å². The summed E-state index contributed by atoms with van der Waals surface area (Å²) >= 11 is 1.36. The molecule has 0 unspecified atom stereocenters. The monoisotopic (exact) mass is 344 g/mol. The zero-order chi connectivity index (χ0) is 16.9. The first-order valence-electron chi connectivity index (χ1n) is 7.05. The van der Waals surface area contributed by atoms with Gasteiger partial charge in [0.2, 0.25) is 0 Å². The van der Waals surface area contributed by atoms with Crippen LogP contribution >= 0.6 is 11.8 Å². The normalized spacial score (nSPS) is 10.6. The third-order valence-corrected chi connectivity index (χ3v) is 3.95. The van der Waals surface area contributed by atoms with Crippen LogP contribution in [0.3, 0.4) is 0 Å². The summed E-state index contributed by atoms with van der Waals surface area (Å²) in [6.07, 6.45) is 3.44. The number of rotatable bonds is 5. The number of halogens is 1. The Kier molecular flexibility index (Phi) is 4.90. The Morgan fingerprint density at radius 1 is 1.29 bits per heavy atom. The molecular formula is C17H13FN2O3S. The molecule has 24 heavy (non-hydrogen) atoms. The fourth-order valence-corrected chi connectivity index (χ4v) is 2.63. The van der Waals surface area contributed by atoms with Crippen LogP contribution in [0.15, 0.2) is 58.2 Å². The number of thioether (sulfide) groups is 1. The predicted molar refractivity (Wildman–Crippen MR) is 87.0 cm³/mol. The molecule has 0 spiro atoms. The standard InChI is InChI=1S/C17H13FN2O3S/c1-24-16-13(6-4-8-19-16)17(21)22-10-11-9-15(23-20-11)12-5-2-3-7-14(12)18/h2-9H,10H2,1H3. The van der Waals surface area contributed by atoms with Crippen molar-refractivity contribution in [3.05, 3.63) is 65.7 Å². The molecule has 122 valence electrons. The van der Waals surface area contributed by atoms with E-state index in [2.05, 4.69) is 10.1 Å². The second-order valence-corrected chi connectivity index (χ2v) is 5.59. The minimum absolute atomic E-state index is 0.0699. The van der Waals surface area contributed by atoms with Crippen LogP contribution in [0.2, 0.25) is 0 Å². The van der Waals surface area contributed by atoms with Crippen molar-refractivity contribution in [2.75, 3.05) is 6.26 Å². The van der Waals surface area contributed by atoms with E-state index in [4.69, 9.17) is 9.26 Å². The van der Waals surface area contributed by atoms with Crippen LogP contribution in [0.25, 0.3) is 11.3 Å². The zero-order valence-corrected chi connectivity index (χ0v) is 13.5. The van der Waals surface area contributed by atoms with Crippen molar-refractivity contribution in [1.82, 2.24) is 10.1 Å². The second kappa shape index (κ2) is 7.27. The van der Waals surface area contributed by atoms with Crippen molar-refractivity contribution in [3.63, 3.8) is 0 Å². The van der Waals surface area contributed by atoms with Crippen LogP contribution in [-0.4, -0.2) is 22.4 Å². The average Bonchev–Trinajstić information content (AvgIpc) is 3.08. The van der Waals surface area contributed by atoms with E-state index in [-0.39, 0.29) is 12.4 Å². The first kappa shape index (κ1) is 16.2. The molecule has 0 N–H and O–H groups in total. The van der Waals surface area contributed by atoms with Crippen molar-refractivity contribution < 1.29 is 18.4 Å². The largest absolute Gasteiger partial charge is 0.455 e. The van der Waals surface area contributed by atoms with Crippen LogP contribution in [0.1, 0.15) is 16.1 Å². The number of carbonyl (C=O) groups excluding carboxylic acids is 1. The molecule has 0 radical (unpaired) electrons. The van der Waals surface area contributed by atoms with Crippen molar-refractivity contribution in [2.24, 2.45) is 0 Å². The molecule has 0 fully saturated rings. The van der Waals surface area contributed by atoms with Crippen molar-refractivity contribution in [3.8, 4) is 11.3 Å². The van der Waals surface area contributed by atoms with Gasteiger partial charge in [0.1, 0.15) is 23.1 Å². The van der Waals surface area contributed by atoms with Gasteiger partial charge >= 0.3 is 5.97 Å². The fraction of sp³-hybridized carbons (Fsp3) is 0.118. The maximum atomic E-state index is 13.7. The van der Waals surface area contributed by atoms with Crippen LogP contribution in [-0.2, 0) is 11.3 Å². The van der Waals surface area contributed by atoms with Crippen LogP contribution in [0, 0.1) is 5.82 Å². The first-order chi connectivity index (χ1) is 11.7. The Balaban J connectivity index is 1.70. The van der Waals surface area contributed by atoms with Gasteiger partial charge in [0.05, 0.1) is 11.1 Å². The summed E-state index contributed by atoms with van der Waals surface area (Å²) in [4.78, 5) is 16.2. The smallest absolute Gasteiger partial charge is 0.341 e. The Labute approximate surface area is 141 Å². The second-order valence-electron chi connectivity index (χ2n) is 4.80. The summed E-state index contributed by atoms with van der Waals surface area (Å²) in [6, 6.07) is 11.1. The van der Waals surface area contributed by atoms with Gasteiger partial charge in [-0.15, -0.1) is 11.8 Å². The van der Waals surface area contributed by atoms with E-state index in [9.17, 15) is 9.18 Å². The third-order valence-electron chi connectivity index (χ3n) is 3.23. The Morgan fingerprint density at radius 3 is 2.92 bits per heavy atom. The average molecular weight is 344 g/mol. The number of pyridine rings is 1. The zero-order valence-electron chi connectivity index (χ0n) is 12.7. The lowest BCUT2D eigenvalue weighted by atomic mass is 10.1. The molecule has 7 heteroatoms. The Bertz CT molecular complexity index is 866. The molecular weight excluding hydrogens is 331 g/mol. The molecule has 5 nitrogen and oxygen atoms in total. The molecule has 0 bridgehead atoms. The maximum absolute atomic E-state index is 13.7. The number of hydrogen-bond acceptors (Lipinski definition) is 6. The number of hydrogen-bond donors (Lipinski definition) is 0. The van der Waals surface area contributed by atoms with Crippen LogP contribution in [0.4, 0.5) is 4.39 Å². The number of aromatic nitrogens is 2. The summed E-state index contributed by atoms with van der Waals surface area (Å²) < 4.78 is 24.1. The van der Waals surface area contributed by atoms with Gasteiger partial charge in [0, 0.05) is 12.3 Å².